The Morgan fingerprint density at radius 2 is 1.30 bits per heavy atom. The molecule has 0 atom stereocenters. The summed E-state index contributed by atoms with van der Waals surface area (Å²) < 4.78 is 4.16. The molecule has 0 aliphatic heterocycles. The van der Waals surface area contributed by atoms with Gasteiger partial charge in [0.2, 0.25) is 0 Å². The second-order valence-electron chi connectivity index (χ2n) is 7.10. The van der Waals surface area contributed by atoms with E-state index in [9.17, 15) is 0 Å². The Labute approximate surface area is 177 Å². The van der Waals surface area contributed by atoms with Crippen LogP contribution < -0.4 is 9.58 Å². The van der Waals surface area contributed by atoms with Crippen LogP contribution in [-0.4, -0.2) is 10.8 Å². The normalized spacial score (nSPS) is 11.4. The molecule has 0 fully saturated rings. The Balaban J connectivity index is 1.58. The Bertz CT molecular complexity index is 1100. The molecule has 4 nitrogen and oxygen atoms in total. The minimum atomic E-state index is 1.02. The smallest absolute Gasteiger partial charge is 0.169 e. The van der Waals surface area contributed by atoms with E-state index in [4.69, 9.17) is 5.10 Å². The monoisotopic (exact) mass is 393 g/mol. The Morgan fingerprint density at radius 3 is 1.90 bits per heavy atom. The second-order valence-corrected chi connectivity index (χ2v) is 7.10. The highest BCUT2D eigenvalue weighted by Gasteiger charge is 2.07. The van der Waals surface area contributed by atoms with Gasteiger partial charge in [-0.2, -0.15) is 5.10 Å². The highest BCUT2D eigenvalue weighted by Crippen LogP contribution is 2.25. The molecule has 2 heterocycles. The topological polar surface area (TPSA) is 24.4 Å². The molecule has 2 aromatic heterocycles. The molecule has 2 aromatic carbocycles. The van der Waals surface area contributed by atoms with Crippen LogP contribution in [0.2, 0.25) is 0 Å². The summed E-state index contributed by atoms with van der Waals surface area (Å²) in [7, 11) is 4.08. The zero-order valence-electron chi connectivity index (χ0n) is 17.3. The van der Waals surface area contributed by atoms with Gasteiger partial charge in [-0.3, -0.25) is 0 Å². The molecule has 0 aliphatic carbocycles. The molecule has 0 aliphatic rings. The van der Waals surface area contributed by atoms with Crippen molar-refractivity contribution in [3.63, 3.8) is 0 Å². The maximum atomic E-state index is 4.80. The summed E-state index contributed by atoms with van der Waals surface area (Å²) in [5.74, 6) is 0. The van der Waals surface area contributed by atoms with Gasteiger partial charge in [-0.1, -0.05) is 42.5 Å². The lowest BCUT2D eigenvalue weighted by atomic mass is 10.2. The van der Waals surface area contributed by atoms with Gasteiger partial charge in [0.15, 0.2) is 12.4 Å². The number of hydrogen-bond acceptors (Lipinski definition) is 2. The Morgan fingerprint density at radius 1 is 0.733 bits per heavy atom. The van der Waals surface area contributed by atoms with Gasteiger partial charge < -0.3 is 4.57 Å². The SMILES string of the molecule is Cn1c(/C=C/c2cc[n+](C)cc2)ccc1/C=N/N(c1ccccc1)c1ccccc1. The maximum absolute atomic E-state index is 4.80. The maximum Gasteiger partial charge on any atom is 0.169 e. The highest BCUT2D eigenvalue weighted by atomic mass is 15.5. The summed E-state index contributed by atoms with van der Waals surface area (Å²) >= 11 is 0. The molecule has 0 unspecified atom stereocenters. The van der Waals surface area contributed by atoms with E-state index in [0.717, 1.165) is 22.8 Å². The second kappa shape index (κ2) is 9.05. The van der Waals surface area contributed by atoms with E-state index in [0.29, 0.717) is 0 Å². The van der Waals surface area contributed by atoms with Crippen LogP contribution in [-0.2, 0) is 14.1 Å². The van der Waals surface area contributed by atoms with Crippen molar-refractivity contribution in [1.82, 2.24) is 4.57 Å². The number of anilines is 2. The van der Waals surface area contributed by atoms with E-state index < -0.39 is 0 Å². The molecule has 0 N–H and O–H groups in total. The van der Waals surface area contributed by atoms with Crippen molar-refractivity contribution in [3.8, 4) is 0 Å². The summed E-state index contributed by atoms with van der Waals surface area (Å²) in [5.41, 5.74) is 5.36. The third kappa shape index (κ3) is 4.55. The summed E-state index contributed by atoms with van der Waals surface area (Å²) in [6.45, 7) is 0. The average Bonchev–Trinajstić information content (AvgIpc) is 3.14. The minimum Gasteiger partial charge on any atom is -0.343 e. The fourth-order valence-corrected chi connectivity index (χ4v) is 3.18. The fourth-order valence-electron chi connectivity index (χ4n) is 3.18. The van der Waals surface area contributed by atoms with Gasteiger partial charge in [0.25, 0.3) is 0 Å². The minimum absolute atomic E-state index is 1.02. The van der Waals surface area contributed by atoms with Crippen molar-refractivity contribution < 1.29 is 4.57 Å². The first-order chi connectivity index (χ1) is 14.7. The van der Waals surface area contributed by atoms with Crippen LogP contribution in [0.3, 0.4) is 0 Å². The number of rotatable bonds is 6. The first-order valence-corrected chi connectivity index (χ1v) is 9.94. The zero-order valence-corrected chi connectivity index (χ0v) is 17.3. The molecule has 148 valence electrons. The number of hydrazone groups is 1. The number of hydrogen-bond donors (Lipinski definition) is 0. The number of benzene rings is 2. The zero-order chi connectivity index (χ0) is 20.8. The molecule has 0 amide bonds. The molecule has 0 saturated heterocycles. The molecule has 0 bridgehead atoms. The van der Waals surface area contributed by atoms with Crippen LogP contribution in [0.4, 0.5) is 11.4 Å². The molecular formula is C26H25N4+. The van der Waals surface area contributed by atoms with Crippen LogP contribution in [0.5, 0.6) is 0 Å². The lowest BCUT2D eigenvalue weighted by Crippen LogP contribution is -2.25. The summed E-state index contributed by atoms with van der Waals surface area (Å²) in [6.07, 6.45) is 10.2. The van der Waals surface area contributed by atoms with Crippen molar-refractivity contribution in [2.75, 3.05) is 5.01 Å². The van der Waals surface area contributed by atoms with Gasteiger partial charge in [-0.15, -0.1) is 0 Å². The molecule has 4 aromatic rings. The molecule has 0 spiro atoms. The largest absolute Gasteiger partial charge is 0.343 e. The predicted octanol–water partition coefficient (Wildman–Crippen LogP) is 5.19. The first-order valence-electron chi connectivity index (χ1n) is 9.94. The standard InChI is InChI=1S/C26H25N4/c1-28-19-17-22(18-20-28)13-14-23-15-16-26(29(23)2)21-27-30(24-9-5-3-6-10-24)25-11-7-4-8-12-25/h3-21H,1-2H3/q+1. The van der Waals surface area contributed by atoms with Gasteiger partial charge in [0.05, 0.1) is 23.3 Å². The number of aryl methyl sites for hydroxylation is 1. The summed E-state index contributed by atoms with van der Waals surface area (Å²) in [5, 5.41) is 6.75. The quantitative estimate of drug-likeness (QED) is 0.251. The molecule has 0 saturated carbocycles. The third-order valence-corrected chi connectivity index (χ3v) is 4.96. The lowest BCUT2D eigenvalue weighted by molar-refractivity contribution is -0.671. The van der Waals surface area contributed by atoms with Crippen LogP contribution in [0.25, 0.3) is 12.2 Å². The van der Waals surface area contributed by atoms with Gasteiger partial charge in [-0.25, -0.2) is 9.58 Å². The molecule has 0 radical (unpaired) electrons. The molecular weight excluding hydrogens is 368 g/mol. The van der Waals surface area contributed by atoms with Crippen molar-refractivity contribution in [2.24, 2.45) is 19.2 Å². The van der Waals surface area contributed by atoms with E-state index in [2.05, 4.69) is 72.3 Å². The highest BCUT2D eigenvalue weighted by molar-refractivity contribution is 5.81. The van der Waals surface area contributed by atoms with Gasteiger partial charge in [0, 0.05) is 24.9 Å². The van der Waals surface area contributed by atoms with Crippen LogP contribution in [0.1, 0.15) is 17.0 Å². The van der Waals surface area contributed by atoms with Crippen LogP contribution in [0, 0.1) is 0 Å². The van der Waals surface area contributed by atoms with Crippen molar-refractivity contribution in [1.29, 1.82) is 0 Å². The number of para-hydroxylation sites is 2. The molecule has 4 rings (SSSR count). The lowest BCUT2D eigenvalue weighted by Gasteiger charge is -2.19. The van der Waals surface area contributed by atoms with Crippen LogP contribution >= 0.6 is 0 Å². The number of nitrogens with zero attached hydrogens (tertiary/aromatic N) is 4. The van der Waals surface area contributed by atoms with Gasteiger partial charge in [-0.05, 0) is 48.0 Å². The molecule has 4 heteroatoms. The van der Waals surface area contributed by atoms with Gasteiger partial charge >= 0.3 is 0 Å². The van der Waals surface area contributed by atoms with Gasteiger partial charge in [0.1, 0.15) is 7.05 Å². The third-order valence-electron chi connectivity index (χ3n) is 4.96. The number of pyridine rings is 1. The van der Waals surface area contributed by atoms with Crippen molar-refractivity contribution in [3.05, 3.63) is 114 Å². The van der Waals surface area contributed by atoms with Crippen LogP contribution in [0.15, 0.2) is 102 Å². The van der Waals surface area contributed by atoms with E-state index in [1.165, 1.54) is 5.56 Å². The Hall–Kier alpha value is -3.92. The summed E-state index contributed by atoms with van der Waals surface area (Å²) in [6, 6.07) is 28.7. The average molecular weight is 394 g/mol. The predicted molar refractivity (Wildman–Crippen MR) is 125 cm³/mol. The molecule has 30 heavy (non-hydrogen) atoms. The Kier molecular flexibility index (Phi) is 5.85. The van der Waals surface area contributed by atoms with E-state index in [1.54, 1.807) is 0 Å². The van der Waals surface area contributed by atoms with E-state index in [-0.39, 0.29) is 0 Å². The fraction of sp³-hybridized carbons (Fsp3) is 0.0769. The van der Waals surface area contributed by atoms with Crippen molar-refractivity contribution in [2.45, 2.75) is 0 Å². The number of aromatic nitrogens is 2. The summed E-state index contributed by atoms with van der Waals surface area (Å²) in [4.78, 5) is 0. The van der Waals surface area contributed by atoms with E-state index >= 15 is 0 Å². The van der Waals surface area contributed by atoms with E-state index in [1.807, 2.05) is 71.6 Å². The van der Waals surface area contributed by atoms with Crippen molar-refractivity contribution >= 4 is 29.7 Å². The first kappa shape index (κ1) is 19.4.